The first-order chi connectivity index (χ1) is 8.07. The third-order valence-corrected chi connectivity index (χ3v) is 3.64. The SMILES string of the molecule is Cc1cc(O)ccc1NC(=O)C1(CN)CCC1. The Hall–Kier alpha value is -1.55. The number of rotatable bonds is 3. The van der Waals surface area contributed by atoms with Gasteiger partial charge >= 0.3 is 0 Å². The standard InChI is InChI=1S/C13H18N2O2/c1-9-7-10(16)3-4-11(9)15-12(17)13(8-14)5-2-6-13/h3-4,7,16H,2,5-6,8,14H2,1H3,(H,15,17). The summed E-state index contributed by atoms with van der Waals surface area (Å²) in [6.45, 7) is 2.25. The fourth-order valence-electron chi connectivity index (χ4n) is 2.17. The largest absolute Gasteiger partial charge is 0.508 e. The van der Waals surface area contributed by atoms with Crippen molar-refractivity contribution in [3.8, 4) is 5.75 Å². The van der Waals surface area contributed by atoms with Gasteiger partial charge in [-0.2, -0.15) is 0 Å². The first-order valence-electron chi connectivity index (χ1n) is 5.88. The van der Waals surface area contributed by atoms with Crippen molar-refractivity contribution < 1.29 is 9.90 Å². The minimum Gasteiger partial charge on any atom is -0.508 e. The fraction of sp³-hybridized carbons (Fsp3) is 0.462. The molecule has 17 heavy (non-hydrogen) atoms. The molecule has 2 rings (SSSR count). The highest BCUT2D eigenvalue weighted by Gasteiger charge is 2.42. The molecule has 0 heterocycles. The average molecular weight is 234 g/mol. The molecule has 0 aromatic heterocycles. The molecule has 1 aliphatic rings. The van der Waals surface area contributed by atoms with Crippen LogP contribution in [0.3, 0.4) is 0 Å². The van der Waals surface area contributed by atoms with Gasteiger partial charge < -0.3 is 16.2 Å². The second-order valence-electron chi connectivity index (χ2n) is 4.79. The summed E-state index contributed by atoms with van der Waals surface area (Å²) in [6.07, 6.45) is 2.80. The zero-order chi connectivity index (χ0) is 12.5. The molecule has 1 aromatic rings. The maximum absolute atomic E-state index is 12.1. The maximum Gasteiger partial charge on any atom is 0.231 e. The van der Waals surface area contributed by atoms with Gasteiger partial charge in [-0.1, -0.05) is 6.42 Å². The molecule has 0 atom stereocenters. The van der Waals surface area contributed by atoms with Crippen molar-refractivity contribution in [2.24, 2.45) is 11.1 Å². The molecule has 1 aromatic carbocycles. The topological polar surface area (TPSA) is 75.3 Å². The Morgan fingerprint density at radius 1 is 1.53 bits per heavy atom. The molecule has 0 spiro atoms. The summed E-state index contributed by atoms with van der Waals surface area (Å²) in [5.74, 6) is 0.206. The van der Waals surface area contributed by atoms with Crippen LogP contribution >= 0.6 is 0 Å². The molecule has 1 saturated carbocycles. The van der Waals surface area contributed by atoms with E-state index in [1.54, 1.807) is 18.2 Å². The van der Waals surface area contributed by atoms with E-state index < -0.39 is 0 Å². The van der Waals surface area contributed by atoms with Crippen LogP contribution in [0.25, 0.3) is 0 Å². The van der Waals surface area contributed by atoms with Gasteiger partial charge in [0.15, 0.2) is 0 Å². The predicted molar refractivity (Wildman–Crippen MR) is 66.8 cm³/mol. The lowest BCUT2D eigenvalue weighted by Crippen LogP contribution is -2.47. The van der Waals surface area contributed by atoms with Crippen LogP contribution in [-0.4, -0.2) is 17.6 Å². The maximum atomic E-state index is 12.1. The fourth-order valence-corrected chi connectivity index (χ4v) is 2.17. The zero-order valence-electron chi connectivity index (χ0n) is 9.99. The highest BCUT2D eigenvalue weighted by Crippen LogP contribution is 2.41. The van der Waals surface area contributed by atoms with Gasteiger partial charge in [-0.05, 0) is 43.5 Å². The number of hydrogen-bond acceptors (Lipinski definition) is 3. The number of aryl methyl sites for hydroxylation is 1. The van der Waals surface area contributed by atoms with E-state index in [-0.39, 0.29) is 17.1 Å². The predicted octanol–water partition coefficient (Wildman–Crippen LogP) is 1.77. The van der Waals surface area contributed by atoms with Crippen LogP contribution in [0.2, 0.25) is 0 Å². The van der Waals surface area contributed by atoms with Gasteiger partial charge in [0, 0.05) is 12.2 Å². The summed E-state index contributed by atoms with van der Waals surface area (Å²) in [5.41, 5.74) is 6.91. The van der Waals surface area contributed by atoms with E-state index in [2.05, 4.69) is 5.32 Å². The highest BCUT2D eigenvalue weighted by molar-refractivity contribution is 5.96. The molecular formula is C13H18N2O2. The van der Waals surface area contributed by atoms with Crippen LogP contribution in [0.4, 0.5) is 5.69 Å². The van der Waals surface area contributed by atoms with Gasteiger partial charge in [0.1, 0.15) is 5.75 Å². The molecule has 0 unspecified atom stereocenters. The van der Waals surface area contributed by atoms with Crippen molar-refractivity contribution in [3.05, 3.63) is 23.8 Å². The Balaban J connectivity index is 2.13. The van der Waals surface area contributed by atoms with Gasteiger partial charge in [0.05, 0.1) is 5.41 Å². The number of hydrogen-bond donors (Lipinski definition) is 3. The van der Waals surface area contributed by atoms with Gasteiger partial charge in [0.2, 0.25) is 5.91 Å². The zero-order valence-corrected chi connectivity index (χ0v) is 9.99. The molecule has 4 heteroatoms. The van der Waals surface area contributed by atoms with Crippen LogP contribution in [0, 0.1) is 12.3 Å². The molecule has 1 amide bonds. The normalized spacial score (nSPS) is 17.3. The van der Waals surface area contributed by atoms with Crippen LogP contribution < -0.4 is 11.1 Å². The first kappa shape index (κ1) is 11.9. The van der Waals surface area contributed by atoms with E-state index in [0.717, 1.165) is 30.5 Å². The number of benzene rings is 1. The van der Waals surface area contributed by atoms with E-state index in [1.807, 2.05) is 6.92 Å². The Labute approximate surface area is 101 Å². The van der Waals surface area contributed by atoms with Crippen LogP contribution in [0.1, 0.15) is 24.8 Å². The molecule has 0 radical (unpaired) electrons. The Bertz CT molecular complexity index is 434. The number of phenols is 1. The van der Waals surface area contributed by atoms with E-state index in [9.17, 15) is 9.90 Å². The van der Waals surface area contributed by atoms with Crippen molar-refractivity contribution in [3.63, 3.8) is 0 Å². The molecule has 1 fully saturated rings. The Morgan fingerprint density at radius 3 is 2.71 bits per heavy atom. The lowest BCUT2D eigenvalue weighted by Gasteiger charge is -2.39. The van der Waals surface area contributed by atoms with Crippen molar-refractivity contribution >= 4 is 11.6 Å². The second-order valence-corrected chi connectivity index (χ2v) is 4.79. The third-order valence-electron chi connectivity index (χ3n) is 3.64. The number of carbonyl (C=O) groups is 1. The van der Waals surface area contributed by atoms with E-state index >= 15 is 0 Å². The monoisotopic (exact) mass is 234 g/mol. The minimum atomic E-state index is -0.371. The average Bonchev–Trinajstić information content (AvgIpc) is 2.21. The summed E-state index contributed by atoms with van der Waals surface area (Å²) in [4.78, 5) is 12.1. The van der Waals surface area contributed by atoms with Crippen molar-refractivity contribution in [1.82, 2.24) is 0 Å². The van der Waals surface area contributed by atoms with Crippen LogP contribution in [0.5, 0.6) is 5.75 Å². The van der Waals surface area contributed by atoms with Crippen molar-refractivity contribution in [1.29, 1.82) is 0 Å². The van der Waals surface area contributed by atoms with Crippen LogP contribution in [0.15, 0.2) is 18.2 Å². The molecule has 0 bridgehead atoms. The summed E-state index contributed by atoms with van der Waals surface area (Å²) >= 11 is 0. The number of nitrogens with one attached hydrogen (secondary N) is 1. The second kappa shape index (κ2) is 4.37. The highest BCUT2D eigenvalue weighted by atomic mass is 16.3. The lowest BCUT2D eigenvalue weighted by atomic mass is 9.68. The smallest absolute Gasteiger partial charge is 0.231 e. The molecule has 92 valence electrons. The van der Waals surface area contributed by atoms with Gasteiger partial charge in [-0.25, -0.2) is 0 Å². The van der Waals surface area contributed by atoms with Crippen molar-refractivity contribution in [2.45, 2.75) is 26.2 Å². The van der Waals surface area contributed by atoms with Gasteiger partial charge in [-0.15, -0.1) is 0 Å². The number of amides is 1. The minimum absolute atomic E-state index is 0.0000368. The molecule has 1 aliphatic carbocycles. The molecule has 4 nitrogen and oxygen atoms in total. The molecule has 0 aliphatic heterocycles. The number of phenolic OH excluding ortho intramolecular Hbond substituents is 1. The summed E-state index contributed by atoms with van der Waals surface area (Å²) in [6, 6.07) is 4.91. The van der Waals surface area contributed by atoms with Crippen molar-refractivity contribution in [2.75, 3.05) is 11.9 Å². The van der Waals surface area contributed by atoms with Gasteiger partial charge in [-0.3, -0.25) is 4.79 Å². The van der Waals surface area contributed by atoms with E-state index in [1.165, 1.54) is 0 Å². The third kappa shape index (κ3) is 2.13. The summed E-state index contributed by atoms with van der Waals surface area (Å²) in [5, 5.41) is 12.2. The number of aromatic hydroxyl groups is 1. The molecule has 0 saturated heterocycles. The summed E-state index contributed by atoms with van der Waals surface area (Å²) < 4.78 is 0. The number of nitrogens with two attached hydrogens (primary N) is 1. The Morgan fingerprint density at radius 2 is 2.24 bits per heavy atom. The first-order valence-corrected chi connectivity index (χ1v) is 5.88. The molecular weight excluding hydrogens is 216 g/mol. The quantitative estimate of drug-likeness (QED) is 0.698. The van der Waals surface area contributed by atoms with E-state index in [0.29, 0.717) is 6.54 Å². The molecule has 4 N–H and O–H groups in total. The summed E-state index contributed by atoms with van der Waals surface area (Å²) in [7, 11) is 0. The van der Waals surface area contributed by atoms with Gasteiger partial charge in [0.25, 0.3) is 0 Å². The number of anilines is 1. The lowest BCUT2D eigenvalue weighted by molar-refractivity contribution is -0.129. The van der Waals surface area contributed by atoms with Crippen LogP contribution in [-0.2, 0) is 4.79 Å². The number of carbonyl (C=O) groups excluding carboxylic acids is 1. The Kier molecular flexibility index (Phi) is 3.07. The van der Waals surface area contributed by atoms with E-state index in [4.69, 9.17) is 5.73 Å².